The van der Waals surface area contributed by atoms with Crippen LogP contribution in [-0.4, -0.2) is 58.3 Å². The highest BCUT2D eigenvalue weighted by Gasteiger charge is 2.28. The third kappa shape index (κ3) is 3.85. The molecule has 1 unspecified atom stereocenters. The summed E-state index contributed by atoms with van der Waals surface area (Å²) < 4.78 is 1.80. The van der Waals surface area contributed by atoms with Gasteiger partial charge >= 0.3 is 6.03 Å². The molecule has 6 heteroatoms. The molecular formula is C19H25N5O. The van der Waals surface area contributed by atoms with Crippen LogP contribution >= 0.6 is 0 Å². The van der Waals surface area contributed by atoms with Crippen LogP contribution in [-0.2, 0) is 0 Å². The van der Waals surface area contributed by atoms with Gasteiger partial charge in [0.05, 0.1) is 5.69 Å². The zero-order chi connectivity index (χ0) is 17.1. The van der Waals surface area contributed by atoms with E-state index in [1.165, 1.54) is 25.9 Å². The standard InChI is InChI=1S/C19H25N5O/c25-19(23-13-8-16(15-23)14-22-10-1-2-11-22)21-17-4-6-18(7-5-17)24-12-3-9-20-24/h3-7,9,12,16H,1-2,8,10-11,13-15H2,(H,21,25). The van der Waals surface area contributed by atoms with Crippen molar-refractivity contribution in [2.75, 3.05) is 38.0 Å². The molecule has 0 saturated carbocycles. The van der Waals surface area contributed by atoms with Crippen molar-refractivity contribution in [2.45, 2.75) is 19.3 Å². The maximum absolute atomic E-state index is 12.5. The summed E-state index contributed by atoms with van der Waals surface area (Å²) in [6, 6.07) is 9.67. The van der Waals surface area contributed by atoms with E-state index < -0.39 is 0 Å². The third-order valence-electron chi connectivity index (χ3n) is 5.18. The summed E-state index contributed by atoms with van der Waals surface area (Å²) in [5.41, 5.74) is 1.80. The maximum Gasteiger partial charge on any atom is 0.321 e. The Morgan fingerprint density at radius 2 is 1.96 bits per heavy atom. The smallest absolute Gasteiger partial charge is 0.321 e. The number of nitrogens with zero attached hydrogens (tertiary/aromatic N) is 4. The summed E-state index contributed by atoms with van der Waals surface area (Å²) in [6.07, 6.45) is 7.42. The minimum absolute atomic E-state index is 0.00996. The Hall–Kier alpha value is -2.34. The summed E-state index contributed by atoms with van der Waals surface area (Å²) in [5.74, 6) is 0.617. The van der Waals surface area contributed by atoms with Gasteiger partial charge in [-0.05, 0) is 68.6 Å². The lowest BCUT2D eigenvalue weighted by Gasteiger charge is -2.21. The molecular weight excluding hydrogens is 314 g/mol. The van der Waals surface area contributed by atoms with Crippen LogP contribution in [0.5, 0.6) is 0 Å². The average Bonchev–Trinajstić information content (AvgIpc) is 3.39. The van der Waals surface area contributed by atoms with Gasteiger partial charge in [0.15, 0.2) is 0 Å². The minimum atomic E-state index is 0.00996. The first kappa shape index (κ1) is 16.1. The maximum atomic E-state index is 12.5. The molecule has 0 bridgehead atoms. The van der Waals surface area contributed by atoms with Crippen molar-refractivity contribution in [3.05, 3.63) is 42.7 Å². The summed E-state index contributed by atoms with van der Waals surface area (Å²) in [7, 11) is 0. The highest BCUT2D eigenvalue weighted by Crippen LogP contribution is 2.21. The quantitative estimate of drug-likeness (QED) is 0.932. The molecule has 6 nitrogen and oxygen atoms in total. The molecule has 3 heterocycles. The van der Waals surface area contributed by atoms with Crippen molar-refractivity contribution in [1.82, 2.24) is 19.6 Å². The average molecular weight is 339 g/mol. The third-order valence-corrected chi connectivity index (χ3v) is 5.18. The van der Waals surface area contributed by atoms with Gasteiger partial charge in [-0.2, -0.15) is 5.10 Å². The predicted octanol–water partition coefficient (Wildman–Crippen LogP) is 2.82. The van der Waals surface area contributed by atoms with Gasteiger partial charge in [-0.3, -0.25) is 0 Å². The molecule has 2 aromatic rings. The monoisotopic (exact) mass is 339 g/mol. The van der Waals surface area contributed by atoms with E-state index in [1.54, 1.807) is 10.9 Å². The van der Waals surface area contributed by atoms with Crippen LogP contribution < -0.4 is 5.32 Å². The molecule has 1 N–H and O–H groups in total. The molecule has 2 saturated heterocycles. The Balaban J connectivity index is 1.30. The van der Waals surface area contributed by atoms with Crippen LogP contribution in [0, 0.1) is 5.92 Å². The Morgan fingerprint density at radius 3 is 2.68 bits per heavy atom. The predicted molar refractivity (Wildman–Crippen MR) is 97.9 cm³/mol. The molecule has 2 aliphatic heterocycles. The van der Waals surface area contributed by atoms with Gasteiger partial charge in [0, 0.05) is 37.7 Å². The number of aromatic nitrogens is 2. The first-order valence-corrected chi connectivity index (χ1v) is 9.16. The molecule has 1 atom stereocenters. The second-order valence-electron chi connectivity index (χ2n) is 7.04. The number of anilines is 1. The fraction of sp³-hybridized carbons (Fsp3) is 0.474. The van der Waals surface area contributed by atoms with Crippen molar-refractivity contribution in [3.63, 3.8) is 0 Å². The van der Waals surface area contributed by atoms with Gasteiger partial charge in [-0.15, -0.1) is 0 Å². The van der Waals surface area contributed by atoms with Gasteiger partial charge in [-0.1, -0.05) is 0 Å². The highest BCUT2D eigenvalue weighted by molar-refractivity contribution is 5.89. The number of rotatable bonds is 4. The van der Waals surface area contributed by atoms with E-state index in [-0.39, 0.29) is 6.03 Å². The van der Waals surface area contributed by atoms with E-state index in [1.807, 2.05) is 41.4 Å². The van der Waals surface area contributed by atoms with E-state index in [0.29, 0.717) is 5.92 Å². The number of benzene rings is 1. The lowest BCUT2D eigenvalue weighted by Crippen LogP contribution is -2.34. The van der Waals surface area contributed by atoms with Gasteiger partial charge in [0.25, 0.3) is 0 Å². The van der Waals surface area contributed by atoms with E-state index in [0.717, 1.165) is 37.4 Å². The number of urea groups is 1. The van der Waals surface area contributed by atoms with Crippen molar-refractivity contribution >= 4 is 11.7 Å². The van der Waals surface area contributed by atoms with Gasteiger partial charge in [0.2, 0.25) is 0 Å². The van der Waals surface area contributed by atoms with Crippen molar-refractivity contribution in [2.24, 2.45) is 5.92 Å². The number of hydrogen-bond acceptors (Lipinski definition) is 3. The Bertz CT molecular complexity index is 691. The fourth-order valence-electron chi connectivity index (χ4n) is 3.82. The van der Waals surface area contributed by atoms with Crippen LogP contribution in [0.2, 0.25) is 0 Å². The van der Waals surface area contributed by atoms with Crippen LogP contribution in [0.15, 0.2) is 42.7 Å². The Morgan fingerprint density at radius 1 is 1.16 bits per heavy atom. The van der Waals surface area contributed by atoms with Crippen LogP contribution in [0.25, 0.3) is 5.69 Å². The highest BCUT2D eigenvalue weighted by atomic mass is 16.2. The zero-order valence-electron chi connectivity index (χ0n) is 14.5. The van der Waals surface area contributed by atoms with E-state index in [9.17, 15) is 4.79 Å². The number of hydrogen-bond donors (Lipinski definition) is 1. The minimum Gasteiger partial charge on any atom is -0.324 e. The molecule has 0 radical (unpaired) electrons. The summed E-state index contributed by atoms with van der Waals surface area (Å²) >= 11 is 0. The summed E-state index contributed by atoms with van der Waals surface area (Å²) in [4.78, 5) is 17.0. The largest absolute Gasteiger partial charge is 0.324 e. The number of likely N-dealkylation sites (tertiary alicyclic amines) is 2. The molecule has 1 aromatic carbocycles. The summed E-state index contributed by atoms with van der Waals surface area (Å²) in [6.45, 7) is 5.32. The molecule has 2 aliphatic rings. The fourth-order valence-corrected chi connectivity index (χ4v) is 3.82. The van der Waals surface area contributed by atoms with E-state index >= 15 is 0 Å². The van der Waals surface area contributed by atoms with E-state index in [2.05, 4.69) is 15.3 Å². The normalized spacial score (nSPS) is 21.0. The molecule has 0 aliphatic carbocycles. The number of nitrogens with one attached hydrogen (secondary N) is 1. The first-order valence-electron chi connectivity index (χ1n) is 9.16. The van der Waals surface area contributed by atoms with E-state index in [4.69, 9.17) is 0 Å². The number of carbonyl (C=O) groups is 1. The number of amides is 2. The van der Waals surface area contributed by atoms with Crippen molar-refractivity contribution in [3.8, 4) is 5.69 Å². The molecule has 0 spiro atoms. The number of carbonyl (C=O) groups excluding carboxylic acids is 1. The second kappa shape index (κ2) is 7.27. The van der Waals surface area contributed by atoms with Gasteiger partial charge in [0.1, 0.15) is 0 Å². The molecule has 132 valence electrons. The Labute approximate surface area is 148 Å². The molecule has 25 heavy (non-hydrogen) atoms. The zero-order valence-corrected chi connectivity index (χ0v) is 14.5. The Kier molecular flexibility index (Phi) is 4.70. The van der Waals surface area contributed by atoms with Gasteiger partial charge < -0.3 is 15.1 Å². The first-order chi connectivity index (χ1) is 12.3. The lowest BCUT2D eigenvalue weighted by atomic mass is 10.1. The van der Waals surface area contributed by atoms with Crippen molar-refractivity contribution < 1.29 is 4.79 Å². The van der Waals surface area contributed by atoms with Crippen molar-refractivity contribution in [1.29, 1.82) is 0 Å². The molecule has 2 amide bonds. The van der Waals surface area contributed by atoms with Crippen LogP contribution in [0.1, 0.15) is 19.3 Å². The molecule has 2 fully saturated rings. The van der Waals surface area contributed by atoms with Crippen LogP contribution in [0.3, 0.4) is 0 Å². The second-order valence-corrected chi connectivity index (χ2v) is 7.04. The topological polar surface area (TPSA) is 53.4 Å². The SMILES string of the molecule is O=C(Nc1ccc(-n2cccn2)cc1)N1CCC(CN2CCCC2)C1. The molecule has 4 rings (SSSR count). The van der Waals surface area contributed by atoms with Gasteiger partial charge in [-0.25, -0.2) is 9.48 Å². The summed E-state index contributed by atoms with van der Waals surface area (Å²) in [5, 5.41) is 7.22. The van der Waals surface area contributed by atoms with Crippen LogP contribution in [0.4, 0.5) is 10.5 Å². The lowest BCUT2D eigenvalue weighted by molar-refractivity contribution is 0.217. The molecule has 1 aromatic heterocycles.